The molecule has 3 rings (SSSR count). The molecule has 0 aromatic heterocycles. The van der Waals surface area contributed by atoms with Crippen LogP contribution in [0.15, 0.2) is 96.2 Å². The first kappa shape index (κ1) is 34.8. The molecule has 1 unspecified atom stereocenters. The summed E-state index contributed by atoms with van der Waals surface area (Å²) in [7, 11) is 0. The molecule has 0 saturated carbocycles. The number of nitrogens with one attached hydrogen (secondary N) is 1. The van der Waals surface area contributed by atoms with E-state index >= 15 is 0 Å². The summed E-state index contributed by atoms with van der Waals surface area (Å²) in [6, 6.07) is 23.8. The number of nitrogens with zero attached hydrogens (tertiary/aromatic N) is 1. The van der Waals surface area contributed by atoms with E-state index in [0.717, 1.165) is 47.6 Å². The highest BCUT2D eigenvalue weighted by Crippen LogP contribution is 2.29. The number of ketones is 1. The van der Waals surface area contributed by atoms with E-state index in [2.05, 4.69) is 12.2 Å². The summed E-state index contributed by atoms with van der Waals surface area (Å²) in [6.45, 7) is 8.20. The molecule has 0 aliphatic carbocycles. The number of alkyl halides is 3. The van der Waals surface area contributed by atoms with Crippen LogP contribution in [0, 0.1) is 18.3 Å². The van der Waals surface area contributed by atoms with Gasteiger partial charge in [0.25, 0.3) is 0 Å². The standard InChI is InChI=1S/C18H19F3N2O.C17H20O2/c1-3-6-14(18(19,20)21)11-16(17(24)7-4-2)23-15-9-5-8-13(10-15)12-22;1-3-11-19-16-9-7-14(8-10-16)17(18)15-6-4-5-13(2)12-15/h5-6,8-11,23H,3-4,7H2,1-2H3;4-10,12,17-18H,3,11H2,1-2H3/b14-6-,16-11-;. The Balaban J connectivity index is 0.000000307. The average Bonchev–Trinajstić information content (AvgIpc) is 2.99. The van der Waals surface area contributed by atoms with Crippen LogP contribution in [0.1, 0.15) is 74.8 Å². The molecule has 2 N–H and O–H groups in total. The van der Waals surface area contributed by atoms with Crippen LogP contribution in [0.2, 0.25) is 0 Å². The van der Waals surface area contributed by atoms with Crippen molar-refractivity contribution >= 4 is 11.5 Å². The van der Waals surface area contributed by atoms with Crippen LogP contribution in [0.25, 0.3) is 0 Å². The quantitative estimate of drug-likeness (QED) is 0.162. The predicted molar refractivity (Wildman–Crippen MR) is 165 cm³/mol. The van der Waals surface area contributed by atoms with Crippen molar-refractivity contribution in [2.75, 3.05) is 11.9 Å². The molecule has 0 aliphatic rings. The minimum atomic E-state index is -4.54. The van der Waals surface area contributed by atoms with E-state index in [0.29, 0.717) is 17.7 Å². The minimum absolute atomic E-state index is 0.133. The lowest BCUT2D eigenvalue weighted by atomic mass is 10.00. The fraction of sp³-hybridized carbons (Fsp3) is 0.314. The molecule has 43 heavy (non-hydrogen) atoms. The SMILES string of the molecule is CC/C=C(/C=C(\Nc1cccc(C#N)c1)C(=O)CCC)C(F)(F)F.CCCOc1ccc(C(O)c2cccc(C)c2)cc1. The highest BCUT2D eigenvalue weighted by Gasteiger charge is 2.32. The smallest absolute Gasteiger partial charge is 0.416 e. The Labute approximate surface area is 252 Å². The number of hydrogen-bond acceptors (Lipinski definition) is 5. The second-order valence-electron chi connectivity index (χ2n) is 9.85. The highest BCUT2D eigenvalue weighted by molar-refractivity contribution is 5.98. The van der Waals surface area contributed by atoms with Gasteiger partial charge < -0.3 is 15.2 Å². The zero-order valence-electron chi connectivity index (χ0n) is 25.0. The van der Waals surface area contributed by atoms with E-state index in [1.807, 2.05) is 61.5 Å². The topological polar surface area (TPSA) is 82.4 Å². The summed E-state index contributed by atoms with van der Waals surface area (Å²) >= 11 is 0. The molecule has 0 spiro atoms. The second kappa shape index (κ2) is 17.6. The number of rotatable bonds is 12. The second-order valence-corrected chi connectivity index (χ2v) is 9.85. The zero-order valence-corrected chi connectivity index (χ0v) is 25.0. The molecule has 0 heterocycles. The van der Waals surface area contributed by atoms with Crippen molar-refractivity contribution in [1.82, 2.24) is 0 Å². The Kier molecular flexibility index (Phi) is 14.2. The Bertz CT molecular complexity index is 1420. The van der Waals surface area contributed by atoms with Crippen LogP contribution in [0.5, 0.6) is 5.75 Å². The molecular formula is C35H39F3N2O3. The number of aryl methyl sites for hydroxylation is 1. The van der Waals surface area contributed by atoms with Gasteiger partial charge in [0, 0.05) is 12.1 Å². The van der Waals surface area contributed by atoms with Gasteiger partial charge in [-0.15, -0.1) is 0 Å². The van der Waals surface area contributed by atoms with Crippen LogP contribution in [0.3, 0.4) is 0 Å². The largest absolute Gasteiger partial charge is 0.494 e. The Hall–Kier alpha value is -4.35. The van der Waals surface area contributed by atoms with Crippen LogP contribution in [-0.4, -0.2) is 23.7 Å². The van der Waals surface area contributed by atoms with E-state index in [9.17, 15) is 23.1 Å². The lowest BCUT2D eigenvalue weighted by Crippen LogP contribution is -2.16. The molecule has 3 aromatic rings. The first-order valence-corrected chi connectivity index (χ1v) is 14.3. The molecule has 0 bridgehead atoms. The number of halogens is 3. The van der Waals surface area contributed by atoms with Gasteiger partial charge in [0.1, 0.15) is 11.9 Å². The number of allylic oxidation sites excluding steroid dienone is 4. The third kappa shape index (κ3) is 11.8. The molecule has 3 aromatic carbocycles. The van der Waals surface area contributed by atoms with Crippen molar-refractivity contribution in [3.63, 3.8) is 0 Å². The summed E-state index contributed by atoms with van der Waals surface area (Å²) in [6.07, 6.45) is -1.40. The lowest BCUT2D eigenvalue weighted by Gasteiger charge is -2.13. The summed E-state index contributed by atoms with van der Waals surface area (Å²) in [5.74, 6) is 0.438. The number of benzene rings is 3. The number of aliphatic hydroxyl groups excluding tert-OH is 1. The highest BCUT2D eigenvalue weighted by atomic mass is 19.4. The first-order chi connectivity index (χ1) is 20.5. The molecule has 0 fully saturated rings. The molecule has 0 aliphatic heterocycles. The van der Waals surface area contributed by atoms with Gasteiger partial charge in [-0.3, -0.25) is 4.79 Å². The number of ether oxygens (including phenoxy) is 1. The van der Waals surface area contributed by atoms with Crippen molar-refractivity contribution in [1.29, 1.82) is 5.26 Å². The van der Waals surface area contributed by atoms with Crippen LogP contribution in [0.4, 0.5) is 18.9 Å². The van der Waals surface area contributed by atoms with Crippen LogP contribution in [-0.2, 0) is 4.79 Å². The number of carbonyl (C=O) groups excluding carboxylic acids is 1. The monoisotopic (exact) mass is 592 g/mol. The number of aliphatic hydroxyl groups is 1. The van der Waals surface area contributed by atoms with Crippen molar-refractivity contribution in [2.45, 2.75) is 65.7 Å². The van der Waals surface area contributed by atoms with Gasteiger partial charge in [-0.25, -0.2) is 0 Å². The van der Waals surface area contributed by atoms with Crippen molar-refractivity contribution in [2.24, 2.45) is 0 Å². The van der Waals surface area contributed by atoms with Crippen molar-refractivity contribution in [3.05, 3.63) is 118 Å². The molecule has 0 radical (unpaired) electrons. The fourth-order valence-corrected chi connectivity index (χ4v) is 4.00. The fourth-order valence-electron chi connectivity index (χ4n) is 4.00. The summed E-state index contributed by atoms with van der Waals surface area (Å²) in [5, 5.41) is 22.0. The van der Waals surface area contributed by atoms with Gasteiger partial charge in [0.2, 0.25) is 0 Å². The van der Waals surface area contributed by atoms with Crippen LogP contribution >= 0.6 is 0 Å². The first-order valence-electron chi connectivity index (χ1n) is 14.3. The number of carbonyl (C=O) groups is 1. The van der Waals surface area contributed by atoms with Crippen molar-refractivity contribution < 1.29 is 27.8 Å². The van der Waals surface area contributed by atoms with E-state index < -0.39 is 23.6 Å². The Morgan fingerprint density at radius 1 is 1.00 bits per heavy atom. The van der Waals surface area contributed by atoms with Gasteiger partial charge in [-0.05, 0) is 73.7 Å². The summed E-state index contributed by atoms with van der Waals surface area (Å²) in [5.41, 5.74) is 2.69. The van der Waals surface area contributed by atoms with Gasteiger partial charge in [-0.1, -0.05) is 74.9 Å². The molecule has 8 heteroatoms. The maximum absolute atomic E-state index is 13.1. The van der Waals surface area contributed by atoms with E-state index in [1.165, 1.54) is 6.07 Å². The normalized spacial score (nSPS) is 12.4. The zero-order chi connectivity index (χ0) is 31.8. The minimum Gasteiger partial charge on any atom is -0.494 e. The summed E-state index contributed by atoms with van der Waals surface area (Å²) < 4.78 is 44.8. The van der Waals surface area contributed by atoms with E-state index in [4.69, 9.17) is 10.00 Å². The average molecular weight is 593 g/mol. The van der Waals surface area contributed by atoms with Gasteiger partial charge in [0.15, 0.2) is 5.78 Å². The number of hydrogen-bond donors (Lipinski definition) is 2. The van der Waals surface area contributed by atoms with Crippen molar-refractivity contribution in [3.8, 4) is 11.8 Å². The third-order valence-electron chi connectivity index (χ3n) is 6.13. The molecule has 228 valence electrons. The molecular weight excluding hydrogens is 553 g/mol. The molecule has 5 nitrogen and oxygen atoms in total. The molecule has 0 amide bonds. The third-order valence-corrected chi connectivity index (χ3v) is 6.13. The van der Waals surface area contributed by atoms with Crippen LogP contribution < -0.4 is 10.1 Å². The maximum Gasteiger partial charge on any atom is 0.416 e. The number of anilines is 1. The molecule has 0 saturated heterocycles. The van der Waals surface area contributed by atoms with E-state index in [-0.39, 0.29) is 18.5 Å². The molecule has 1 atom stereocenters. The predicted octanol–water partition coefficient (Wildman–Crippen LogP) is 8.99. The maximum atomic E-state index is 13.1. The van der Waals surface area contributed by atoms with Gasteiger partial charge in [-0.2, -0.15) is 18.4 Å². The van der Waals surface area contributed by atoms with Gasteiger partial charge >= 0.3 is 6.18 Å². The lowest BCUT2D eigenvalue weighted by molar-refractivity contribution is -0.115. The number of nitriles is 1. The number of Topliss-reactive ketones (excluding diaryl/α,β-unsaturated/α-hetero) is 1. The Morgan fingerprint density at radius 3 is 2.28 bits per heavy atom. The summed E-state index contributed by atoms with van der Waals surface area (Å²) in [4.78, 5) is 12.2. The van der Waals surface area contributed by atoms with Gasteiger partial charge in [0.05, 0.1) is 29.5 Å². The van der Waals surface area contributed by atoms with E-state index in [1.54, 1.807) is 32.0 Å². The Morgan fingerprint density at radius 2 is 1.70 bits per heavy atom.